The van der Waals surface area contributed by atoms with Crippen LogP contribution in [0, 0.1) is 11.7 Å². The summed E-state index contributed by atoms with van der Waals surface area (Å²) in [4.78, 5) is 27.8. The van der Waals surface area contributed by atoms with Gasteiger partial charge < -0.3 is 10.2 Å². The van der Waals surface area contributed by atoms with Crippen molar-refractivity contribution in [3.8, 4) is 0 Å². The average molecular weight is 416 g/mol. The summed E-state index contributed by atoms with van der Waals surface area (Å²) in [5, 5.41) is 2.97. The number of hydrogen-bond acceptors (Lipinski definition) is 2. The van der Waals surface area contributed by atoms with Gasteiger partial charge in [0.25, 0.3) is 0 Å². The second kappa shape index (κ2) is 9.56. The molecule has 0 radical (unpaired) electrons. The van der Waals surface area contributed by atoms with E-state index < -0.39 is 0 Å². The molecule has 3 aromatic carbocycles. The highest BCUT2D eigenvalue weighted by Gasteiger charge is 2.40. The molecule has 1 heterocycles. The van der Waals surface area contributed by atoms with Crippen molar-refractivity contribution in [1.82, 2.24) is 10.2 Å². The number of likely N-dealkylation sites (tertiary alicyclic amines) is 1. The molecule has 1 fully saturated rings. The minimum atomic E-state index is -0.331. The fraction of sp³-hybridized carbons (Fsp3) is 0.231. The smallest absolute Gasteiger partial charge is 0.227 e. The van der Waals surface area contributed by atoms with E-state index in [1.807, 2.05) is 60.7 Å². The molecule has 158 valence electrons. The van der Waals surface area contributed by atoms with E-state index in [0.29, 0.717) is 26.1 Å². The lowest BCUT2D eigenvalue weighted by molar-refractivity contribution is -0.130. The lowest BCUT2D eigenvalue weighted by Gasteiger charge is -2.18. The molecule has 31 heavy (non-hydrogen) atoms. The number of carbonyl (C=O) groups excluding carboxylic acids is 2. The molecular weight excluding hydrogens is 391 g/mol. The molecule has 1 aliphatic rings. The molecule has 1 aliphatic heterocycles. The molecule has 0 bridgehead atoms. The second-order valence-corrected chi connectivity index (χ2v) is 7.93. The van der Waals surface area contributed by atoms with Crippen molar-refractivity contribution in [2.75, 3.05) is 13.1 Å². The minimum absolute atomic E-state index is 0.0287. The summed E-state index contributed by atoms with van der Waals surface area (Å²) >= 11 is 0. The van der Waals surface area contributed by atoms with Crippen LogP contribution >= 0.6 is 0 Å². The van der Waals surface area contributed by atoms with Gasteiger partial charge in [0.15, 0.2) is 0 Å². The van der Waals surface area contributed by atoms with Gasteiger partial charge in [-0.15, -0.1) is 0 Å². The number of nitrogens with one attached hydrogen (secondary N) is 1. The molecule has 2 amide bonds. The highest BCUT2D eigenvalue weighted by Crippen LogP contribution is 2.33. The van der Waals surface area contributed by atoms with E-state index in [1.54, 1.807) is 17.0 Å². The van der Waals surface area contributed by atoms with Gasteiger partial charge in [-0.2, -0.15) is 0 Å². The first-order chi connectivity index (χ1) is 15.1. The third-order valence-corrected chi connectivity index (χ3v) is 5.82. The Morgan fingerprint density at radius 3 is 2.16 bits per heavy atom. The van der Waals surface area contributed by atoms with Crippen molar-refractivity contribution in [3.05, 3.63) is 107 Å². The summed E-state index contributed by atoms with van der Waals surface area (Å²) in [6, 6.07) is 25.6. The van der Waals surface area contributed by atoms with Crippen LogP contribution in [0.2, 0.25) is 0 Å². The van der Waals surface area contributed by atoms with Crippen LogP contribution in [-0.2, 0) is 22.6 Å². The van der Waals surface area contributed by atoms with E-state index in [0.717, 1.165) is 16.7 Å². The molecule has 1 saturated heterocycles. The van der Waals surface area contributed by atoms with Gasteiger partial charge in [-0.25, -0.2) is 4.39 Å². The lowest BCUT2D eigenvalue weighted by atomic mass is 9.88. The van der Waals surface area contributed by atoms with Gasteiger partial charge in [0.1, 0.15) is 5.82 Å². The van der Waals surface area contributed by atoms with E-state index in [-0.39, 0.29) is 29.5 Å². The van der Waals surface area contributed by atoms with E-state index in [4.69, 9.17) is 0 Å². The maximum absolute atomic E-state index is 13.1. The lowest BCUT2D eigenvalue weighted by Crippen LogP contribution is -2.35. The third-order valence-electron chi connectivity index (χ3n) is 5.82. The Kier molecular flexibility index (Phi) is 6.41. The Hall–Kier alpha value is -3.47. The molecule has 0 unspecified atom stereocenters. The van der Waals surface area contributed by atoms with E-state index in [1.165, 1.54) is 12.1 Å². The first kappa shape index (κ1) is 20.8. The second-order valence-electron chi connectivity index (χ2n) is 7.93. The predicted octanol–water partition coefficient (Wildman–Crippen LogP) is 3.93. The minimum Gasteiger partial charge on any atom is -0.352 e. The summed E-state index contributed by atoms with van der Waals surface area (Å²) in [6.07, 6.45) is 0.326. The summed E-state index contributed by atoms with van der Waals surface area (Å²) < 4.78 is 13.1. The van der Waals surface area contributed by atoms with Gasteiger partial charge in [0, 0.05) is 25.6 Å². The van der Waals surface area contributed by atoms with E-state index in [9.17, 15) is 14.0 Å². The largest absolute Gasteiger partial charge is 0.352 e. The fourth-order valence-corrected chi connectivity index (χ4v) is 4.12. The van der Waals surface area contributed by atoms with Gasteiger partial charge in [0.2, 0.25) is 11.8 Å². The van der Waals surface area contributed by atoms with E-state index in [2.05, 4.69) is 5.32 Å². The first-order valence-electron chi connectivity index (χ1n) is 10.5. The number of nitrogens with zero attached hydrogens (tertiary/aromatic N) is 1. The van der Waals surface area contributed by atoms with Crippen LogP contribution in [0.4, 0.5) is 4.39 Å². The Labute approximate surface area is 181 Å². The Morgan fingerprint density at radius 2 is 1.48 bits per heavy atom. The SMILES string of the molecule is O=C(NCc1ccc(F)cc1)[C@@H]1CN(C(=O)Cc2ccccc2)C[C@H]1c1ccccc1. The van der Waals surface area contributed by atoms with Crippen molar-refractivity contribution < 1.29 is 14.0 Å². The molecule has 4 rings (SSSR count). The van der Waals surface area contributed by atoms with Crippen molar-refractivity contribution in [2.45, 2.75) is 18.9 Å². The van der Waals surface area contributed by atoms with Crippen LogP contribution in [0.1, 0.15) is 22.6 Å². The van der Waals surface area contributed by atoms with Crippen LogP contribution in [-0.4, -0.2) is 29.8 Å². The van der Waals surface area contributed by atoms with Gasteiger partial charge in [-0.05, 0) is 28.8 Å². The molecular formula is C26H25FN2O2. The molecule has 0 saturated carbocycles. The van der Waals surface area contributed by atoms with Crippen molar-refractivity contribution >= 4 is 11.8 Å². The van der Waals surface area contributed by atoms with Gasteiger partial charge in [0.05, 0.1) is 12.3 Å². The number of rotatable bonds is 6. The number of halogens is 1. The average Bonchev–Trinajstić information content (AvgIpc) is 3.26. The Morgan fingerprint density at radius 1 is 0.839 bits per heavy atom. The Bertz CT molecular complexity index is 1020. The zero-order chi connectivity index (χ0) is 21.6. The molecule has 1 N–H and O–H groups in total. The van der Waals surface area contributed by atoms with Gasteiger partial charge in [-0.3, -0.25) is 9.59 Å². The fourth-order valence-electron chi connectivity index (χ4n) is 4.12. The zero-order valence-corrected chi connectivity index (χ0v) is 17.2. The molecule has 2 atom stereocenters. The normalized spacial score (nSPS) is 18.0. The van der Waals surface area contributed by atoms with E-state index >= 15 is 0 Å². The molecule has 0 aromatic heterocycles. The van der Waals surface area contributed by atoms with Crippen LogP contribution in [0.3, 0.4) is 0 Å². The van der Waals surface area contributed by atoms with Crippen molar-refractivity contribution in [1.29, 1.82) is 0 Å². The van der Waals surface area contributed by atoms with Crippen molar-refractivity contribution in [2.24, 2.45) is 5.92 Å². The summed E-state index contributed by atoms with van der Waals surface area (Å²) in [5.74, 6) is -0.756. The zero-order valence-electron chi connectivity index (χ0n) is 17.2. The Balaban J connectivity index is 1.47. The number of benzene rings is 3. The molecule has 0 aliphatic carbocycles. The molecule has 0 spiro atoms. The predicted molar refractivity (Wildman–Crippen MR) is 118 cm³/mol. The van der Waals surface area contributed by atoms with Crippen LogP contribution < -0.4 is 5.32 Å². The summed E-state index contributed by atoms with van der Waals surface area (Å²) in [7, 11) is 0. The van der Waals surface area contributed by atoms with Gasteiger partial charge in [-0.1, -0.05) is 72.8 Å². The van der Waals surface area contributed by atoms with Crippen LogP contribution in [0.5, 0.6) is 0 Å². The maximum atomic E-state index is 13.1. The molecule has 3 aromatic rings. The number of carbonyl (C=O) groups is 2. The monoisotopic (exact) mass is 416 g/mol. The summed E-state index contributed by atoms with van der Waals surface area (Å²) in [5.41, 5.74) is 2.86. The highest BCUT2D eigenvalue weighted by molar-refractivity contribution is 5.84. The van der Waals surface area contributed by atoms with Crippen molar-refractivity contribution in [3.63, 3.8) is 0 Å². The quantitative estimate of drug-likeness (QED) is 0.662. The molecule has 5 heteroatoms. The first-order valence-corrected chi connectivity index (χ1v) is 10.5. The molecule has 4 nitrogen and oxygen atoms in total. The maximum Gasteiger partial charge on any atom is 0.227 e. The number of hydrogen-bond donors (Lipinski definition) is 1. The topological polar surface area (TPSA) is 49.4 Å². The van der Waals surface area contributed by atoms with Crippen LogP contribution in [0.25, 0.3) is 0 Å². The summed E-state index contributed by atoms with van der Waals surface area (Å²) in [6.45, 7) is 1.24. The standard InChI is InChI=1S/C26H25FN2O2/c27-22-13-11-20(12-14-22)16-28-26(31)24-18-29(17-23(24)21-9-5-2-6-10-21)25(30)15-19-7-3-1-4-8-19/h1-14,23-24H,15-18H2,(H,28,31)/t23-,24+/m0/s1. The van der Waals surface area contributed by atoms with Gasteiger partial charge >= 0.3 is 0 Å². The third kappa shape index (κ3) is 5.18. The van der Waals surface area contributed by atoms with Crippen LogP contribution in [0.15, 0.2) is 84.9 Å². The highest BCUT2D eigenvalue weighted by atomic mass is 19.1. The number of amides is 2.